The monoisotopic (exact) mass is 319 g/mol. The van der Waals surface area contributed by atoms with Gasteiger partial charge in [0.2, 0.25) is 5.91 Å². The number of aryl methyl sites for hydroxylation is 1. The molecule has 7 heteroatoms. The summed E-state index contributed by atoms with van der Waals surface area (Å²) < 4.78 is 1.76. The number of nitrogens with zero attached hydrogens (tertiary/aromatic N) is 4. The van der Waals surface area contributed by atoms with Gasteiger partial charge in [0.1, 0.15) is 0 Å². The molecule has 1 saturated heterocycles. The Hall–Kier alpha value is -2.05. The van der Waals surface area contributed by atoms with Crippen LogP contribution in [0.15, 0.2) is 12.3 Å². The standard InChI is InChI=1S/C16H25N5O2/c1-12(22)21(13-5-6-13)11-15-4-3-9-20(15)16(23)17-10-14-7-8-18-19(14)2/h7-8,13,15H,3-6,9-11H2,1-2H3,(H,17,23)/t15-/m1/s1. The lowest BCUT2D eigenvalue weighted by Gasteiger charge is -2.30. The van der Waals surface area contributed by atoms with Gasteiger partial charge >= 0.3 is 6.03 Å². The molecule has 0 radical (unpaired) electrons. The van der Waals surface area contributed by atoms with Crippen LogP contribution in [-0.4, -0.2) is 56.7 Å². The number of urea groups is 1. The highest BCUT2D eigenvalue weighted by molar-refractivity contribution is 5.76. The molecule has 2 aliphatic rings. The van der Waals surface area contributed by atoms with Crippen LogP contribution in [0, 0.1) is 0 Å². The van der Waals surface area contributed by atoms with E-state index >= 15 is 0 Å². The molecule has 2 fully saturated rings. The van der Waals surface area contributed by atoms with E-state index in [2.05, 4.69) is 10.4 Å². The Morgan fingerprint density at radius 3 is 2.78 bits per heavy atom. The van der Waals surface area contributed by atoms with Crippen LogP contribution in [0.5, 0.6) is 0 Å². The molecule has 1 aliphatic heterocycles. The van der Waals surface area contributed by atoms with Crippen molar-refractivity contribution in [2.75, 3.05) is 13.1 Å². The van der Waals surface area contributed by atoms with Crippen molar-refractivity contribution in [3.63, 3.8) is 0 Å². The average molecular weight is 319 g/mol. The molecule has 1 atom stereocenters. The number of hydrogen-bond acceptors (Lipinski definition) is 3. The molecule has 126 valence electrons. The third-order valence-electron chi connectivity index (χ3n) is 4.78. The number of hydrogen-bond donors (Lipinski definition) is 1. The molecule has 0 spiro atoms. The van der Waals surface area contributed by atoms with Gasteiger partial charge in [0.15, 0.2) is 0 Å². The lowest BCUT2D eigenvalue weighted by molar-refractivity contribution is -0.130. The summed E-state index contributed by atoms with van der Waals surface area (Å²) in [6.07, 6.45) is 5.88. The molecule has 0 aromatic carbocycles. The van der Waals surface area contributed by atoms with Crippen molar-refractivity contribution >= 4 is 11.9 Å². The largest absolute Gasteiger partial charge is 0.338 e. The summed E-state index contributed by atoms with van der Waals surface area (Å²) in [7, 11) is 1.86. The van der Waals surface area contributed by atoms with Crippen LogP contribution in [0.3, 0.4) is 0 Å². The van der Waals surface area contributed by atoms with Crippen molar-refractivity contribution < 1.29 is 9.59 Å². The summed E-state index contributed by atoms with van der Waals surface area (Å²) in [6, 6.07) is 2.37. The van der Waals surface area contributed by atoms with Crippen molar-refractivity contribution in [3.8, 4) is 0 Å². The fraction of sp³-hybridized carbons (Fsp3) is 0.688. The van der Waals surface area contributed by atoms with Gasteiger partial charge in [-0.3, -0.25) is 9.48 Å². The molecule has 1 aromatic heterocycles. The highest BCUT2D eigenvalue weighted by Gasteiger charge is 2.36. The van der Waals surface area contributed by atoms with E-state index in [0.717, 1.165) is 37.9 Å². The van der Waals surface area contributed by atoms with E-state index in [1.54, 1.807) is 17.8 Å². The Bertz CT molecular complexity index is 581. The molecule has 0 bridgehead atoms. The smallest absolute Gasteiger partial charge is 0.318 e. The summed E-state index contributed by atoms with van der Waals surface area (Å²) >= 11 is 0. The van der Waals surface area contributed by atoms with Crippen LogP contribution in [-0.2, 0) is 18.4 Å². The number of rotatable bonds is 5. The van der Waals surface area contributed by atoms with Crippen LogP contribution < -0.4 is 5.32 Å². The Kier molecular flexibility index (Phi) is 4.54. The number of carbonyl (C=O) groups is 2. The van der Waals surface area contributed by atoms with Gasteiger partial charge in [0.05, 0.1) is 18.3 Å². The third kappa shape index (κ3) is 3.65. The Morgan fingerprint density at radius 2 is 2.17 bits per heavy atom. The quantitative estimate of drug-likeness (QED) is 0.883. The fourth-order valence-electron chi connectivity index (χ4n) is 3.28. The highest BCUT2D eigenvalue weighted by Crippen LogP contribution is 2.29. The maximum absolute atomic E-state index is 12.5. The SMILES string of the molecule is CC(=O)N(C[C@H]1CCCN1C(=O)NCc1ccnn1C)C1CC1. The number of amides is 3. The fourth-order valence-corrected chi connectivity index (χ4v) is 3.28. The first-order valence-corrected chi connectivity index (χ1v) is 8.35. The minimum atomic E-state index is -0.0481. The summed E-state index contributed by atoms with van der Waals surface area (Å²) in [6.45, 7) is 3.52. The average Bonchev–Trinajstić information content (AvgIpc) is 3.10. The van der Waals surface area contributed by atoms with Gasteiger partial charge in [-0.25, -0.2) is 4.79 Å². The molecular formula is C16H25N5O2. The van der Waals surface area contributed by atoms with Gasteiger partial charge in [0, 0.05) is 39.3 Å². The van der Waals surface area contributed by atoms with E-state index in [9.17, 15) is 9.59 Å². The number of aromatic nitrogens is 2. The Balaban J connectivity index is 1.56. The molecule has 23 heavy (non-hydrogen) atoms. The molecule has 7 nitrogen and oxygen atoms in total. The van der Waals surface area contributed by atoms with Gasteiger partial charge in [-0.1, -0.05) is 0 Å². The summed E-state index contributed by atoms with van der Waals surface area (Å²) in [5.41, 5.74) is 0.970. The van der Waals surface area contributed by atoms with Gasteiger partial charge in [-0.15, -0.1) is 0 Å². The normalized spacial score (nSPS) is 20.6. The van der Waals surface area contributed by atoms with E-state index in [4.69, 9.17) is 0 Å². The van der Waals surface area contributed by atoms with Crippen LogP contribution >= 0.6 is 0 Å². The van der Waals surface area contributed by atoms with E-state index in [-0.39, 0.29) is 18.0 Å². The predicted molar refractivity (Wildman–Crippen MR) is 85.6 cm³/mol. The molecule has 3 rings (SSSR count). The minimum Gasteiger partial charge on any atom is -0.338 e. The van der Waals surface area contributed by atoms with Gasteiger partial charge in [-0.05, 0) is 31.7 Å². The molecule has 3 amide bonds. The zero-order chi connectivity index (χ0) is 16.4. The summed E-state index contributed by atoms with van der Waals surface area (Å²) in [5.74, 6) is 0.120. The molecule has 0 unspecified atom stereocenters. The van der Waals surface area contributed by atoms with E-state index in [0.29, 0.717) is 19.1 Å². The van der Waals surface area contributed by atoms with Crippen molar-refractivity contribution in [2.45, 2.75) is 51.2 Å². The van der Waals surface area contributed by atoms with Crippen molar-refractivity contribution in [1.29, 1.82) is 0 Å². The molecule has 1 saturated carbocycles. The molecule has 1 N–H and O–H groups in total. The second-order valence-electron chi connectivity index (χ2n) is 6.50. The summed E-state index contributed by atoms with van der Waals surface area (Å²) in [4.78, 5) is 28.1. The van der Waals surface area contributed by atoms with E-state index in [1.165, 1.54) is 0 Å². The van der Waals surface area contributed by atoms with E-state index < -0.39 is 0 Å². The minimum absolute atomic E-state index is 0.0481. The molecule has 1 aromatic rings. The molecular weight excluding hydrogens is 294 g/mol. The van der Waals surface area contributed by atoms with Crippen molar-refractivity contribution in [2.24, 2.45) is 7.05 Å². The first-order chi connectivity index (χ1) is 11.1. The Labute approximate surface area is 136 Å². The Morgan fingerprint density at radius 1 is 1.39 bits per heavy atom. The summed E-state index contributed by atoms with van der Waals surface area (Å²) in [5, 5.41) is 7.07. The highest BCUT2D eigenvalue weighted by atomic mass is 16.2. The van der Waals surface area contributed by atoms with Crippen LogP contribution in [0.1, 0.15) is 38.3 Å². The number of nitrogens with one attached hydrogen (secondary N) is 1. The second-order valence-corrected chi connectivity index (χ2v) is 6.50. The van der Waals surface area contributed by atoms with Crippen molar-refractivity contribution in [3.05, 3.63) is 18.0 Å². The van der Waals surface area contributed by atoms with Crippen LogP contribution in [0.2, 0.25) is 0 Å². The van der Waals surface area contributed by atoms with Crippen LogP contribution in [0.25, 0.3) is 0 Å². The van der Waals surface area contributed by atoms with Gasteiger partial charge in [0.25, 0.3) is 0 Å². The van der Waals surface area contributed by atoms with Crippen molar-refractivity contribution in [1.82, 2.24) is 24.9 Å². The first-order valence-electron chi connectivity index (χ1n) is 8.35. The zero-order valence-corrected chi connectivity index (χ0v) is 13.9. The molecule has 1 aliphatic carbocycles. The predicted octanol–water partition coefficient (Wildman–Crippen LogP) is 1.10. The maximum Gasteiger partial charge on any atom is 0.318 e. The molecule has 2 heterocycles. The lowest BCUT2D eigenvalue weighted by Crippen LogP contribution is -2.48. The third-order valence-corrected chi connectivity index (χ3v) is 4.78. The lowest BCUT2D eigenvalue weighted by atomic mass is 10.2. The van der Waals surface area contributed by atoms with E-state index in [1.807, 2.05) is 22.9 Å². The second kappa shape index (κ2) is 6.60. The maximum atomic E-state index is 12.5. The van der Waals surface area contributed by atoms with Crippen LogP contribution in [0.4, 0.5) is 4.79 Å². The topological polar surface area (TPSA) is 70.5 Å². The number of carbonyl (C=O) groups excluding carboxylic acids is 2. The first kappa shape index (κ1) is 15.8. The zero-order valence-electron chi connectivity index (χ0n) is 13.9. The number of likely N-dealkylation sites (tertiary alicyclic amines) is 1. The van der Waals surface area contributed by atoms with Gasteiger partial charge < -0.3 is 15.1 Å². The van der Waals surface area contributed by atoms with Gasteiger partial charge in [-0.2, -0.15) is 5.10 Å².